The standard InChI is InChI=1S/C31H37FN4O6S/c1-31(2,34-17-24(38)19-37)16-29(39)35-26-13-11-22-15-23(32)12-14-27(22)36(30(26)40)18-20-7-9-21(10-8-20)25-5-3-4-6-28(25)43(33,41)42/h3-10,12,14-15,24,26,34,37-38H,11,13,16-19H2,1-2H3,(H,35,39)(H2,33,41,42)/t24-,26+/m0/s1. The maximum atomic E-state index is 14.2. The van der Waals surface area contributed by atoms with Crippen molar-refractivity contribution in [2.45, 2.75) is 62.2 Å². The minimum atomic E-state index is -3.94. The Hall–Kier alpha value is -3.68. The lowest BCUT2D eigenvalue weighted by atomic mass is 9.99. The number of carbonyl (C=O) groups is 2. The number of fused-ring (bicyclic) bond motifs is 1. The van der Waals surface area contributed by atoms with Crippen molar-refractivity contribution in [3.8, 4) is 11.1 Å². The van der Waals surface area contributed by atoms with Crippen molar-refractivity contribution in [1.29, 1.82) is 0 Å². The van der Waals surface area contributed by atoms with Crippen LogP contribution in [0.2, 0.25) is 0 Å². The van der Waals surface area contributed by atoms with Crippen LogP contribution in [0.1, 0.15) is 37.8 Å². The first-order chi connectivity index (χ1) is 20.3. The van der Waals surface area contributed by atoms with Gasteiger partial charge in [-0.05, 0) is 67.6 Å². The van der Waals surface area contributed by atoms with Gasteiger partial charge in [-0.2, -0.15) is 0 Å². The SMILES string of the molecule is CC(C)(CC(=O)N[C@@H]1CCc2cc(F)ccc2N(Cc2ccc(-c3ccccc3S(N)(=O)=O)cc2)C1=O)NC[C@H](O)CO. The molecule has 2 amide bonds. The van der Waals surface area contributed by atoms with E-state index >= 15 is 0 Å². The third-order valence-corrected chi connectivity index (χ3v) is 8.33. The van der Waals surface area contributed by atoms with E-state index in [4.69, 9.17) is 10.2 Å². The lowest BCUT2D eigenvalue weighted by Gasteiger charge is -2.29. The molecule has 43 heavy (non-hydrogen) atoms. The first-order valence-electron chi connectivity index (χ1n) is 13.9. The lowest BCUT2D eigenvalue weighted by molar-refractivity contribution is -0.128. The van der Waals surface area contributed by atoms with Crippen LogP contribution in [0.5, 0.6) is 0 Å². The van der Waals surface area contributed by atoms with Gasteiger partial charge in [-0.1, -0.05) is 42.5 Å². The Kier molecular flexibility index (Phi) is 9.98. The quantitative estimate of drug-likeness (QED) is 0.222. The summed E-state index contributed by atoms with van der Waals surface area (Å²) in [5.41, 5.74) is 2.29. The van der Waals surface area contributed by atoms with E-state index in [1.54, 1.807) is 62.4 Å². The molecule has 1 aliphatic rings. The molecule has 0 aromatic heterocycles. The maximum absolute atomic E-state index is 14.2. The third-order valence-electron chi connectivity index (χ3n) is 7.36. The van der Waals surface area contributed by atoms with Crippen molar-refractivity contribution in [2.24, 2.45) is 5.14 Å². The van der Waals surface area contributed by atoms with E-state index < -0.39 is 40.1 Å². The fourth-order valence-corrected chi connectivity index (χ4v) is 5.90. The number of aliphatic hydroxyl groups excluding tert-OH is 2. The monoisotopic (exact) mass is 612 g/mol. The molecule has 0 radical (unpaired) electrons. The van der Waals surface area contributed by atoms with Gasteiger partial charge in [0.05, 0.1) is 24.2 Å². The summed E-state index contributed by atoms with van der Waals surface area (Å²) < 4.78 is 38.3. The molecule has 0 saturated carbocycles. The summed E-state index contributed by atoms with van der Waals surface area (Å²) in [4.78, 5) is 28.4. The molecular formula is C31H37FN4O6S. The van der Waals surface area contributed by atoms with Crippen LogP contribution in [0.25, 0.3) is 11.1 Å². The predicted octanol–water partition coefficient (Wildman–Crippen LogP) is 2.22. The number of β-amino-alcohol motifs (C(OH)–C–C–N with tert-alkyl or cyclic N) is 1. The van der Waals surface area contributed by atoms with E-state index in [0.717, 1.165) is 5.56 Å². The zero-order valence-corrected chi connectivity index (χ0v) is 24.9. The first-order valence-corrected chi connectivity index (χ1v) is 15.5. The number of hydrogen-bond donors (Lipinski definition) is 5. The van der Waals surface area contributed by atoms with E-state index in [0.29, 0.717) is 28.8 Å². The second kappa shape index (κ2) is 13.3. The second-order valence-electron chi connectivity index (χ2n) is 11.4. The van der Waals surface area contributed by atoms with Gasteiger partial charge in [0, 0.05) is 29.8 Å². The van der Waals surface area contributed by atoms with Gasteiger partial charge in [0.15, 0.2) is 0 Å². The lowest BCUT2D eigenvalue weighted by Crippen LogP contribution is -2.51. The highest BCUT2D eigenvalue weighted by Crippen LogP contribution is 2.31. The number of aliphatic hydroxyl groups is 2. The summed E-state index contributed by atoms with van der Waals surface area (Å²) in [5, 5.41) is 30.0. The third kappa shape index (κ3) is 8.24. The summed E-state index contributed by atoms with van der Waals surface area (Å²) >= 11 is 0. The predicted molar refractivity (Wildman–Crippen MR) is 161 cm³/mol. The molecule has 0 fully saturated rings. The van der Waals surface area contributed by atoms with Gasteiger partial charge in [-0.25, -0.2) is 17.9 Å². The Morgan fingerprint density at radius 3 is 2.51 bits per heavy atom. The van der Waals surface area contributed by atoms with E-state index in [2.05, 4.69) is 10.6 Å². The van der Waals surface area contributed by atoms with E-state index in [9.17, 15) is 27.5 Å². The molecule has 1 heterocycles. The number of primary sulfonamides is 1. The zero-order chi connectivity index (χ0) is 31.4. The van der Waals surface area contributed by atoms with Gasteiger partial charge in [0.1, 0.15) is 11.9 Å². The van der Waals surface area contributed by atoms with Crippen LogP contribution >= 0.6 is 0 Å². The number of nitrogens with zero attached hydrogens (tertiary/aromatic N) is 1. The fraction of sp³-hybridized carbons (Fsp3) is 0.355. The largest absolute Gasteiger partial charge is 0.394 e. The smallest absolute Gasteiger partial charge is 0.249 e. The molecule has 1 aliphatic heterocycles. The minimum Gasteiger partial charge on any atom is -0.394 e. The Morgan fingerprint density at radius 2 is 1.84 bits per heavy atom. The van der Waals surface area contributed by atoms with Crippen molar-refractivity contribution >= 4 is 27.5 Å². The van der Waals surface area contributed by atoms with Crippen molar-refractivity contribution in [2.75, 3.05) is 18.1 Å². The Morgan fingerprint density at radius 1 is 1.14 bits per heavy atom. The van der Waals surface area contributed by atoms with Gasteiger partial charge in [0.25, 0.3) is 0 Å². The number of amides is 2. The summed E-state index contributed by atoms with van der Waals surface area (Å²) in [6.07, 6.45) is -0.306. The summed E-state index contributed by atoms with van der Waals surface area (Å²) in [6, 6.07) is 16.8. The molecule has 4 rings (SSSR count). The minimum absolute atomic E-state index is 0.00272. The number of anilines is 1. The number of aryl methyl sites for hydroxylation is 1. The van der Waals surface area contributed by atoms with Crippen LogP contribution in [0.15, 0.2) is 71.6 Å². The van der Waals surface area contributed by atoms with Crippen molar-refractivity contribution in [3.63, 3.8) is 0 Å². The highest BCUT2D eigenvalue weighted by atomic mass is 32.2. The molecule has 3 aromatic carbocycles. The number of rotatable bonds is 11. The van der Waals surface area contributed by atoms with Crippen molar-refractivity contribution < 1.29 is 32.6 Å². The molecule has 0 unspecified atom stereocenters. The molecule has 0 spiro atoms. The second-order valence-corrected chi connectivity index (χ2v) is 12.9. The number of benzene rings is 3. The number of nitrogens with two attached hydrogens (primary N) is 1. The topological polar surface area (TPSA) is 162 Å². The van der Waals surface area contributed by atoms with Crippen LogP contribution in [0, 0.1) is 5.82 Å². The molecule has 0 saturated heterocycles. The zero-order valence-electron chi connectivity index (χ0n) is 24.1. The van der Waals surface area contributed by atoms with Crippen molar-refractivity contribution in [1.82, 2.24) is 10.6 Å². The summed E-state index contributed by atoms with van der Waals surface area (Å²) in [5.74, 6) is -1.14. The Bertz CT molecular complexity index is 1580. The fourth-order valence-electron chi connectivity index (χ4n) is 5.14. The summed E-state index contributed by atoms with van der Waals surface area (Å²) in [6.45, 7) is 3.38. The number of halogens is 1. The van der Waals surface area contributed by atoms with E-state index in [-0.39, 0.29) is 42.6 Å². The van der Waals surface area contributed by atoms with Crippen LogP contribution in [0.4, 0.5) is 10.1 Å². The van der Waals surface area contributed by atoms with Gasteiger partial charge in [-0.3, -0.25) is 9.59 Å². The van der Waals surface area contributed by atoms with Crippen LogP contribution in [-0.4, -0.2) is 61.3 Å². The average molecular weight is 613 g/mol. The average Bonchev–Trinajstić information content (AvgIpc) is 3.07. The first kappa shape index (κ1) is 32.2. The Labute approximate surface area is 250 Å². The maximum Gasteiger partial charge on any atom is 0.249 e. The van der Waals surface area contributed by atoms with E-state index in [1.807, 2.05) is 0 Å². The molecule has 6 N–H and O–H groups in total. The molecule has 230 valence electrons. The van der Waals surface area contributed by atoms with Gasteiger partial charge < -0.3 is 25.7 Å². The molecule has 10 nitrogen and oxygen atoms in total. The molecule has 3 aromatic rings. The van der Waals surface area contributed by atoms with E-state index in [1.165, 1.54) is 23.1 Å². The number of carbonyl (C=O) groups excluding carboxylic acids is 2. The normalized spacial score (nSPS) is 16.4. The summed E-state index contributed by atoms with van der Waals surface area (Å²) in [7, 11) is -3.94. The molecular weight excluding hydrogens is 575 g/mol. The van der Waals surface area contributed by atoms with Crippen LogP contribution < -0.4 is 20.7 Å². The highest BCUT2D eigenvalue weighted by Gasteiger charge is 2.33. The van der Waals surface area contributed by atoms with Gasteiger partial charge in [-0.15, -0.1) is 0 Å². The van der Waals surface area contributed by atoms with Crippen molar-refractivity contribution in [3.05, 3.63) is 83.7 Å². The number of sulfonamides is 1. The Balaban J connectivity index is 1.55. The molecule has 12 heteroatoms. The molecule has 0 bridgehead atoms. The molecule has 2 atom stereocenters. The van der Waals surface area contributed by atoms with Gasteiger partial charge >= 0.3 is 0 Å². The highest BCUT2D eigenvalue weighted by molar-refractivity contribution is 7.89. The van der Waals surface area contributed by atoms with Crippen LogP contribution in [0.3, 0.4) is 0 Å². The van der Waals surface area contributed by atoms with Crippen LogP contribution in [-0.2, 0) is 32.6 Å². The number of nitrogens with one attached hydrogen (secondary N) is 2. The van der Waals surface area contributed by atoms with Gasteiger partial charge in [0.2, 0.25) is 21.8 Å². The molecule has 0 aliphatic carbocycles. The number of hydrogen-bond acceptors (Lipinski definition) is 7.